The Balaban J connectivity index is 2.62. The lowest BCUT2D eigenvalue weighted by atomic mass is 10.4. The quantitative estimate of drug-likeness (QED) is 0.612. The summed E-state index contributed by atoms with van der Waals surface area (Å²) in [5.74, 6) is 0. The molecule has 11 heavy (non-hydrogen) atoms. The standard InChI is InChI=1S/C6H5N3OS/c10-11-6-4-7-9-5(6)2-1-3-8-11/h1-4H,(H,7,9). The molecule has 1 unspecified atom stereocenters. The van der Waals surface area contributed by atoms with Gasteiger partial charge in [0.05, 0.1) is 11.9 Å². The fourth-order valence-electron chi connectivity index (χ4n) is 0.830. The topological polar surface area (TPSA) is 58.1 Å². The third-order valence-electron chi connectivity index (χ3n) is 1.33. The maximum Gasteiger partial charge on any atom is 0.176 e. The van der Waals surface area contributed by atoms with Crippen LogP contribution in [0.4, 0.5) is 0 Å². The number of nitrogens with one attached hydrogen (secondary N) is 1. The van der Waals surface area contributed by atoms with E-state index in [1.54, 1.807) is 12.2 Å². The van der Waals surface area contributed by atoms with E-state index in [0.29, 0.717) is 4.90 Å². The van der Waals surface area contributed by atoms with Gasteiger partial charge in [0.15, 0.2) is 11.0 Å². The van der Waals surface area contributed by atoms with Crippen LogP contribution in [0.25, 0.3) is 6.08 Å². The first-order chi connectivity index (χ1) is 5.38. The Labute approximate surface area is 65.6 Å². The highest BCUT2D eigenvalue weighted by molar-refractivity contribution is 7.84. The van der Waals surface area contributed by atoms with Crippen molar-refractivity contribution in [3.05, 3.63) is 18.0 Å². The van der Waals surface area contributed by atoms with Crippen molar-refractivity contribution in [3.63, 3.8) is 0 Å². The second-order valence-corrected chi connectivity index (χ2v) is 3.16. The van der Waals surface area contributed by atoms with Gasteiger partial charge >= 0.3 is 0 Å². The predicted molar refractivity (Wildman–Crippen MR) is 42.5 cm³/mol. The summed E-state index contributed by atoms with van der Waals surface area (Å²) in [5, 5.41) is 6.47. The molecule has 0 fully saturated rings. The van der Waals surface area contributed by atoms with Gasteiger partial charge in [-0.25, -0.2) is 4.21 Å². The molecule has 0 saturated heterocycles. The third-order valence-corrected chi connectivity index (χ3v) is 2.34. The number of rotatable bonds is 0. The first-order valence-corrected chi connectivity index (χ1v) is 4.14. The minimum atomic E-state index is -1.29. The zero-order valence-electron chi connectivity index (χ0n) is 5.52. The van der Waals surface area contributed by atoms with E-state index in [1.807, 2.05) is 0 Å². The van der Waals surface area contributed by atoms with Gasteiger partial charge in [0.2, 0.25) is 0 Å². The minimum Gasteiger partial charge on any atom is -0.277 e. The second kappa shape index (κ2) is 2.43. The van der Waals surface area contributed by atoms with Crippen LogP contribution in [-0.4, -0.2) is 20.6 Å². The molecular weight excluding hydrogens is 162 g/mol. The summed E-state index contributed by atoms with van der Waals surface area (Å²) in [4.78, 5) is 0.634. The third kappa shape index (κ3) is 1.03. The SMILES string of the molecule is O=S1N=CC=Cc2[nH]ncc21. The van der Waals surface area contributed by atoms with E-state index in [4.69, 9.17) is 0 Å². The van der Waals surface area contributed by atoms with Gasteiger partial charge in [-0.05, 0) is 12.2 Å². The Bertz CT molecular complexity index is 352. The van der Waals surface area contributed by atoms with Crippen molar-refractivity contribution in [1.82, 2.24) is 10.2 Å². The van der Waals surface area contributed by atoms with Gasteiger partial charge in [-0.1, -0.05) is 0 Å². The van der Waals surface area contributed by atoms with Crippen LogP contribution in [0.1, 0.15) is 5.69 Å². The van der Waals surface area contributed by atoms with Crippen LogP contribution < -0.4 is 0 Å². The lowest BCUT2D eigenvalue weighted by Gasteiger charge is -1.87. The molecule has 1 aromatic rings. The molecule has 0 radical (unpaired) electrons. The number of hydrogen-bond acceptors (Lipinski definition) is 2. The maximum absolute atomic E-state index is 11.2. The highest BCUT2D eigenvalue weighted by Gasteiger charge is 2.09. The number of fused-ring (bicyclic) bond motifs is 1. The lowest BCUT2D eigenvalue weighted by molar-refractivity contribution is 0.684. The van der Waals surface area contributed by atoms with E-state index in [-0.39, 0.29) is 0 Å². The predicted octanol–water partition coefficient (Wildman–Crippen LogP) is 0.530. The Morgan fingerprint density at radius 2 is 2.45 bits per heavy atom. The number of allylic oxidation sites excluding steroid dienone is 1. The summed E-state index contributed by atoms with van der Waals surface area (Å²) in [6, 6.07) is 0. The fraction of sp³-hybridized carbons (Fsp3) is 0. The summed E-state index contributed by atoms with van der Waals surface area (Å²) in [6.45, 7) is 0. The first kappa shape index (κ1) is 6.48. The summed E-state index contributed by atoms with van der Waals surface area (Å²) in [6.07, 6.45) is 6.56. The molecule has 0 saturated carbocycles. The molecule has 4 nitrogen and oxygen atoms in total. The van der Waals surface area contributed by atoms with E-state index < -0.39 is 11.0 Å². The summed E-state index contributed by atoms with van der Waals surface area (Å²) in [5.41, 5.74) is 0.765. The van der Waals surface area contributed by atoms with Crippen LogP contribution in [0.15, 0.2) is 21.6 Å². The van der Waals surface area contributed by atoms with Gasteiger partial charge in [-0.15, -0.1) is 0 Å². The molecule has 0 aliphatic carbocycles. The van der Waals surface area contributed by atoms with Crippen molar-refractivity contribution < 1.29 is 4.21 Å². The van der Waals surface area contributed by atoms with Crippen LogP contribution in [-0.2, 0) is 11.0 Å². The molecule has 1 N–H and O–H groups in total. The number of aromatic amines is 1. The molecule has 1 aliphatic heterocycles. The summed E-state index contributed by atoms with van der Waals surface area (Å²) < 4.78 is 14.9. The molecular formula is C6H5N3OS. The largest absolute Gasteiger partial charge is 0.277 e. The van der Waals surface area contributed by atoms with E-state index in [9.17, 15) is 4.21 Å². The van der Waals surface area contributed by atoms with Crippen molar-refractivity contribution in [2.45, 2.75) is 4.90 Å². The minimum absolute atomic E-state index is 0.634. The molecule has 0 aromatic carbocycles. The summed E-state index contributed by atoms with van der Waals surface area (Å²) >= 11 is 0. The van der Waals surface area contributed by atoms with E-state index in [0.717, 1.165) is 5.69 Å². The monoisotopic (exact) mass is 167 g/mol. The van der Waals surface area contributed by atoms with Crippen LogP contribution >= 0.6 is 0 Å². The fourth-order valence-corrected chi connectivity index (χ4v) is 1.57. The molecule has 0 spiro atoms. The normalized spacial score (nSPS) is 21.3. The maximum atomic E-state index is 11.2. The highest BCUT2D eigenvalue weighted by Crippen LogP contribution is 2.14. The lowest BCUT2D eigenvalue weighted by Crippen LogP contribution is -1.84. The molecule has 5 heteroatoms. The molecule has 1 atom stereocenters. The molecule has 56 valence electrons. The van der Waals surface area contributed by atoms with E-state index in [2.05, 4.69) is 14.6 Å². The van der Waals surface area contributed by atoms with Gasteiger partial charge in [-0.3, -0.25) is 5.10 Å². The Kier molecular flexibility index (Phi) is 1.43. The zero-order chi connectivity index (χ0) is 7.68. The number of aromatic nitrogens is 2. The average molecular weight is 167 g/mol. The van der Waals surface area contributed by atoms with Gasteiger partial charge in [0, 0.05) is 6.21 Å². The van der Waals surface area contributed by atoms with Crippen molar-refractivity contribution in [3.8, 4) is 0 Å². The van der Waals surface area contributed by atoms with E-state index in [1.165, 1.54) is 12.4 Å². The molecule has 0 amide bonds. The van der Waals surface area contributed by atoms with Crippen LogP contribution in [0.2, 0.25) is 0 Å². The van der Waals surface area contributed by atoms with Gasteiger partial charge in [-0.2, -0.15) is 9.50 Å². The number of H-pyrrole nitrogens is 1. The zero-order valence-corrected chi connectivity index (χ0v) is 6.34. The molecule has 0 bridgehead atoms. The van der Waals surface area contributed by atoms with Crippen LogP contribution in [0, 0.1) is 0 Å². The molecule has 1 aliphatic rings. The van der Waals surface area contributed by atoms with Gasteiger partial charge in [0.1, 0.15) is 4.90 Å². The van der Waals surface area contributed by atoms with Gasteiger partial charge in [0.25, 0.3) is 0 Å². The Morgan fingerprint density at radius 3 is 3.36 bits per heavy atom. The van der Waals surface area contributed by atoms with Crippen LogP contribution in [0.3, 0.4) is 0 Å². The Hall–Kier alpha value is -1.23. The van der Waals surface area contributed by atoms with Crippen molar-refractivity contribution >= 4 is 23.3 Å². The average Bonchev–Trinajstić information content (AvgIpc) is 2.40. The van der Waals surface area contributed by atoms with E-state index >= 15 is 0 Å². The van der Waals surface area contributed by atoms with Crippen molar-refractivity contribution in [2.24, 2.45) is 4.40 Å². The molecule has 2 rings (SSSR count). The molecule has 2 heterocycles. The summed E-state index contributed by atoms with van der Waals surface area (Å²) in [7, 11) is -1.29. The van der Waals surface area contributed by atoms with Gasteiger partial charge < -0.3 is 0 Å². The number of hydrogen-bond donors (Lipinski definition) is 1. The Morgan fingerprint density at radius 1 is 1.55 bits per heavy atom. The second-order valence-electron chi connectivity index (χ2n) is 2.01. The smallest absolute Gasteiger partial charge is 0.176 e. The number of nitrogens with zero attached hydrogens (tertiary/aromatic N) is 2. The highest BCUT2D eigenvalue weighted by atomic mass is 32.2. The van der Waals surface area contributed by atoms with Crippen molar-refractivity contribution in [1.29, 1.82) is 0 Å². The molecule has 1 aromatic heterocycles. The van der Waals surface area contributed by atoms with Crippen LogP contribution in [0.5, 0.6) is 0 Å². The van der Waals surface area contributed by atoms with Crippen molar-refractivity contribution in [2.75, 3.05) is 0 Å². The first-order valence-electron chi connectivity index (χ1n) is 3.04.